The topological polar surface area (TPSA) is 26.3 Å². The molecule has 0 heterocycles. The molecule has 0 atom stereocenters. The number of hydrogen-bond donors (Lipinski definition) is 0. The van der Waals surface area contributed by atoms with E-state index in [1.54, 1.807) is 6.92 Å². The third-order valence-electron chi connectivity index (χ3n) is 2.04. The van der Waals surface area contributed by atoms with Crippen molar-refractivity contribution in [1.29, 1.82) is 0 Å². The predicted molar refractivity (Wildman–Crippen MR) is 87.8 cm³/mol. The summed E-state index contributed by atoms with van der Waals surface area (Å²) in [6.07, 6.45) is 3.96. The van der Waals surface area contributed by atoms with Gasteiger partial charge in [-0.2, -0.15) is 0 Å². The van der Waals surface area contributed by atoms with Crippen LogP contribution in [0.4, 0.5) is 0 Å². The largest absolute Gasteiger partial charge is 0.463 e. The molecule has 0 radical (unpaired) electrons. The van der Waals surface area contributed by atoms with Crippen LogP contribution < -0.4 is 0 Å². The van der Waals surface area contributed by atoms with Gasteiger partial charge in [0, 0.05) is 18.4 Å². The van der Waals surface area contributed by atoms with Gasteiger partial charge in [-0.1, -0.05) is 48.2 Å². The number of esters is 1. The molecule has 4 heteroatoms. The van der Waals surface area contributed by atoms with E-state index in [-0.39, 0.29) is 5.97 Å². The summed E-state index contributed by atoms with van der Waals surface area (Å²) in [5.41, 5.74) is 3.96. The molecule has 2 nitrogen and oxygen atoms in total. The van der Waals surface area contributed by atoms with Crippen LogP contribution in [0.1, 0.15) is 26.2 Å². The van der Waals surface area contributed by atoms with Crippen LogP contribution in [-0.2, 0) is 9.53 Å². The Morgan fingerprint density at radius 1 is 1.42 bits per heavy atom. The molecule has 0 aliphatic carbocycles. The van der Waals surface area contributed by atoms with E-state index < -0.39 is 8.07 Å². The van der Waals surface area contributed by atoms with Crippen molar-refractivity contribution in [2.45, 2.75) is 45.8 Å². The molecular formula is C15H23BrO2Si. The summed E-state index contributed by atoms with van der Waals surface area (Å²) >= 11 is 3.28. The first kappa shape index (κ1) is 18.2. The van der Waals surface area contributed by atoms with Crippen molar-refractivity contribution in [3.63, 3.8) is 0 Å². The molecule has 0 fully saturated rings. The molecule has 0 aliphatic heterocycles. The number of carbonyl (C=O) groups is 1. The van der Waals surface area contributed by atoms with Gasteiger partial charge in [-0.05, 0) is 17.8 Å². The van der Waals surface area contributed by atoms with E-state index in [1.807, 2.05) is 6.08 Å². The Kier molecular flexibility index (Phi) is 8.78. The Hall–Kier alpha value is -0.793. The van der Waals surface area contributed by atoms with Crippen molar-refractivity contribution in [2.75, 3.05) is 6.61 Å². The quantitative estimate of drug-likeness (QED) is 0.234. The highest BCUT2D eigenvalue weighted by molar-refractivity contribution is 9.11. The van der Waals surface area contributed by atoms with Crippen LogP contribution in [0, 0.1) is 11.5 Å². The minimum atomic E-state index is -1.29. The van der Waals surface area contributed by atoms with Crippen LogP contribution in [0.5, 0.6) is 0 Å². The van der Waals surface area contributed by atoms with E-state index in [4.69, 9.17) is 4.74 Å². The van der Waals surface area contributed by atoms with Gasteiger partial charge >= 0.3 is 5.97 Å². The lowest BCUT2D eigenvalue weighted by molar-refractivity contribution is -0.138. The molecule has 0 N–H and O–H groups in total. The molecular weight excluding hydrogens is 320 g/mol. The molecule has 0 saturated carbocycles. The maximum absolute atomic E-state index is 11.7. The fourth-order valence-corrected chi connectivity index (χ4v) is 2.26. The molecule has 0 aromatic carbocycles. The van der Waals surface area contributed by atoms with Gasteiger partial charge in [-0.3, -0.25) is 0 Å². The SMILES string of the molecule is C=C(Br)C/C(=C\CCC#C[Si](C)(C)C)C(=O)OCC. The molecule has 0 saturated heterocycles. The minimum absolute atomic E-state index is 0.263. The number of allylic oxidation sites excluding steroid dienone is 2. The van der Waals surface area contributed by atoms with E-state index in [0.717, 1.165) is 17.3 Å². The van der Waals surface area contributed by atoms with Gasteiger partial charge in [0.1, 0.15) is 8.07 Å². The number of rotatable bonds is 6. The standard InChI is InChI=1S/C15H23BrO2Si/c1-6-18-15(17)14(12-13(2)16)10-8-7-9-11-19(3,4)5/h10H,2,6-8,12H2,1,3-5H3/b14-10+. The molecule has 0 unspecified atom stereocenters. The summed E-state index contributed by atoms with van der Waals surface area (Å²) in [5.74, 6) is 2.92. The third-order valence-corrected chi connectivity index (χ3v) is 3.25. The highest BCUT2D eigenvalue weighted by Gasteiger charge is 2.10. The second-order valence-corrected chi connectivity index (χ2v) is 11.1. The van der Waals surface area contributed by atoms with E-state index in [2.05, 4.69) is 53.6 Å². The second-order valence-electron chi connectivity index (χ2n) is 5.23. The zero-order valence-electron chi connectivity index (χ0n) is 12.3. The summed E-state index contributed by atoms with van der Waals surface area (Å²) in [5, 5.41) is 0. The zero-order valence-corrected chi connectivity index (χ0v) is 14.9. The Labute approximate surface area is 126 Å². The lowest BCUT2D eigenvalue weighted by Gasteiger charge is -2.06. The van der Waals surface area contributed by atoms with Crippen molar-refractivity contribution in [3.8, 4) is 11.5 Å². The smallest absolute Gasteiger partial charge is 0.334 e. The van der Waals surface area contributed by atoms with Gasteiger partial charge in [0.15, 0.2) is 0 Å². The molecule has 19 heavy (non-hydrogen) atoms. The molecule has 0 spiro atoms. The van der Waals surface area contributed by atoms with Crippen molar-refractivity contribution >= 4 is 30.0 Å². The molecule has 106 valence electrons. The van der Waals surface area contributed by atoms with Gasteiger partial charge < -0.3 is 4.74 Å². The first-order valence-corrected chi connectivity index (χ1v) is 10.7. The number of ether oxygens (including phenoxy) is 1. The van der Waals surface area contributed by atoms with E-state index in [0.29, 0.717) is 18.6 Å². The third kappa shape index (κ3) is 10.8. The molecule has 0 bridgehead atoms. The van der Waals surface area contributed by atoms with E-state index >= 15 is 0 Å². The number of unbranched alkanes of at least 4 members (excludes halogenated alkanes) is 1. The van der Waals surface area contributed by atoms with Gasteiger partial charge in [0.05, 0.1) is 6.61 Å². The summed E-state index contributed by atoms with van der Waals surface area (Å²) in [4.78, 5) is 11.7. The second kappa shape index (κ2) is 9.16. The average molecular weight is 343 g/mol. The van der Waals surface area contributed by atoms with Gasteiger partial charge in [-0.15, -0.1) is 11.5 Å². The van der Waals surface area contributed by atoms with Gasteiger partial charge in [0.2, 0.25) is 0 Å². The highest BCUT2D eigenvalue weighted by Crippen LogP contribution is 2.17. The van der Waals surface area contributed by atoms with Crippen LogP contribution in [0.2, 0.25) is 19.6 Å². The summed E-state index contributed by atoms with van der Waals surface area (Å²) < 4.78 is 5.80. The molecule has 0 aromatic rings. The highest BCUT2D eigenvalue weighted by atomic mass is 79.9. The lowest BCUT2D eigenvalue weighted by atomic mass is 10.1. The van der Waals surface area contributed by atoms with Crippen molar-refractivity contribution in [1.82, 2.24) is 0 Å². The van der Waals surface area contributed by atoms with Crippen molar-refractivity contribution in [2.24, 2.45) is 0 Å². The van der Waals surface area contributed by atoms with Crippen LogP contribution in [0.25, 0.3) is 0 Å². The monoisotopic (exact) mass is 342 g/mol. The number of halogens is 1. The number of carbonyl (C=O) groups excluding carboxylic acids is 1. The zero-order chi connectivity index (χ0) is 14.9. The van der Waals surface area contributed by atoms with Crippen LogP contribution in [-0.4, -0.2) is 20.7 Å². The van der Waals surface area contributed by atoms with Gasteiger partial charge in [-0.25, -0.2) is 4.79 Å². The molecule has 0 rings (SSSR count). The Balaban J connectivity index is 4.51. The predicted octanol–water partition coefficient (Wildman–Crippen LogP) is 4.44. The fraction of sp³-hybridized carbons (Fsp3) is 0.533. The van der Waals surface area contributed by atoms with Crippen molar-refractivity contribution in [3.05, 3.63) is 22.7 Å². The summed E-state index contributed by atoms with van der Waals surface area (Å²) in [7, 11) is -1.29. The van der Waals surface area contributed by atoms with Crippen LogP contribution in [0.3, 0.4) is 0 Å². The maximum atomic E-state index is 11.7. The summed E-state index contributed by atoms with van der Waals surface area (Å²) in [6, 6.07) is 0. The summed E-state index contributed by atoms with van der Waals surface area (Å²) in [6.45, 7) is 12.6. The van der Waals surface area contributed by atoms with Crippen LogP contribution in [0.15, 0.2) is 22.7 Å². The average Bonchev–Trinajstić information content (AvgIpc) is 2.25. The Morgan fingerprint density at radius 2 is 2.05 bits per heavy atom. The Morgan fingerprint density at radius 3 is 2.53 bits per heavy atom. The fourth-order valence-electron chi connectivity index (χ4n) is 1.30. The first-order chi connectivity index (χ1) is 8.76. The molecule has 0 aromatic heterocycles. The molecule has 0 amide bonds. The minimum Gasteiger partial charge on any atom is -0.463 e. The van der Waals surface area contributed by atoms with E-state index in [1.165, 1.54) is 0 Å². The van der Waals surface area contributed by atoms with E-state index in [9.17, 15) is 4.79 Å². The van der Waals surface area contributed by atoms with Crippen LogP contribution >= 0.6 is 15.9 Å². The van der Waals surface area contributed by atoms with Crippen molar-refractivity contribution < 1.29 is 9.53 Å². The Bertz CT molecular complexity index is 408. The maximum Gasteiger partial charge on any atom is 0.334 e. The number of hydrogen-bond acceptors (Lipinski definition) is 2. The molecule has 0 aliphatic rings. The first-order valence-electron chi connectivity index (χ1n) is 6.45. The van der Waals surface area contributed by atoms with Gasteiger partial charge in [0.25, 0.3) is 0 Å². The lowest BCUT2D eigenvalue weighted by Crippen LogP contribution is -2.16. The normalized spacial score (nSPS) is 11.5.